The van der Waals surface area contributed by atoms with Gasteiger partial charge in [-0.05, 0) is 133 Å². The van der Waals surface area contributed by atoms with Crippen molar-refractivity contribution in [2.24, 2.45) is 0 Å². The van der Waals surface area contributed by atoms with Gasteiger partial charge in [0.15, 0.2) is 0 Å². The molecule has 0 radical (unpaired) electrons. The smallest absolute Gasteiger partial charge is 0.135 e. The van der Waals surface area contributed by atoms with Crippen LogP contribution < -0.4 is 4.90 Å². The zero-order chi connectivity index (χ0) is 46.8. The molecule has 2 heterocycles. The summed E-state index contributed by atoms with van der Waals surface area (Å²) < 4.78 is 8.80. The molecular formula is C68H44N2O. The first-order valence-electron chi connectivity index (χ1n) is 24.3. The van der Waals surface area contributed by atoms with Crippen LogP contribution in [0.5, 0.6) is 0 Å². The van der Waals surface area contributed by atoms with Gasteiger partial charge in [0.1, 0.15) is 11.2 Å². The summed E-state index contributed by atoms with van der Waals surface area (Å²) in [5.74, 6) is 0. The highest BCUT2D eigenvalue weighted by molar-refractivity contribution is 6.11. The molecule has 0 bridgehead atoms. The van der Waals surface area contributed by atoms with E-state index in [2.05, 4.69) is 270 Å². The highest BCUT2D eigenvalue weighted by Crippen LogP contribution is 2.45. The monoisotopic (exact) mass is 904 g/mol. The molecule has 14 aromatic rings. The molecule has 0 saturated carbocycles. The third kappa shape index (κ3) is 6.82. The molecular weight excluding hydrogens is 861 g/mol. The molecule has 3 nitrogen and oxygen atoms in total. The summed E-state index contributed by atoms with van der Waals surface area (Å²) in [6.45, 7) is 0. The number of furan rings is 1. The normalized spacial score (nSPS) is 11.7. The summed E-state index contributed by atoms with van der Waals surface area (Å²) in [5, 5.41) is 9.59. The average Bonchev–Trinajstić information content (AvgIpc) is 3.99. The van der Waals surface area contributed by atoms with E-state index in [0.717, 1.165) is 72.5 Å². The van der Waals surface area contributed by atoms with Crippen LogP contribution >= 0.6 is 0 Å². The van der Waals surface area contributed by atoms with Crippen LogP contribution in [0.1, 0.15) is 0 Å². The molecule has 0 N–H and O–H groups in total. The first-order chi connectivity index (χ1) is 35.2. The van der Waals surface area contributed by atoms with Crippen LogP contribution in [0.25, 0.3) is 115 Å². The third-order valence-electron chi connectivity index (χ3n) is 14.4. The molecule has 0 atom stereocenters. The van der Waals surface area contributed by atoms with E-state index in [1.54, 1.807) is 0 Å². The Hall–Kier alpha value is -9.44. The Bertz CT molecular complexity index is 4300. The predicted molar refractivity (Wildman–Crippen MR) is 299 cm³/mol. The van der Waals surface area contributed by atoms with Crippen LogP contribution in [-0.4, -0.2) is 4.57 Å². The molecule has 14 rings (SSSR count). The summed E-state index contributed by atoms with van der Waals surface area (Å²) in [4.78, 5) is 2.42. The van der Waals surface area contributed by atoms with Gasteiger partial charge in [-0.3, -0.25) is 0 Å². The van der Waals surface area contributed by atoms with Crippen LogP contribution in [0.15, 0.2) is 271 Å². The molecule has 0 aliphatic rings. The van der Waals surface area contributed by atoms with Crippen molar-refractivity contribution in [3.63, 3.8) is 0 Å². The lowest BCUT2D eigenvalue weighted by Gasteiger charge is -2.28. The molecule has 0 aliphatic heterocycles. The predicted octanol–water partition coefficient (Wildman–Crippen LogP) is 19.1. The highest BCUT2D eigenvalue weighted by atomic mass is 16.3. The van der Waals surface area contributed by atoms with Crippen molar-refractivity contribution >= 4 is 82.4 Å². The average molecular weight is 905 g/mol. The van der Waals surface area contributed by atoms with Crippen molar-refractivity contribution in [3.8, 4) is 50.2 Å². The maximum atomic E-state index is 6.37. The Morgan fingerprint density at radius 3 is 1.55 bits per heavy atom. The Kier molecular flexibility index (Phi) is 9.53. The van der Waals surface area contributed by atoms with Crippen molar-refractivity contribution < 1.29 is 4.42 Å². The minimum atomic E-state index is 0.878. The van der Waals surface area contributed by atoms with Gasteiger partial charge in [-0.2, -0.15) is 0 Å². The van der Waals surface area contributed by atoms with E-state index < -0.39 is 0 Å². The van der Waals surface area contributed by atoms with E-state index in [-0.39, 0.29) is 0 Å². The van der Waals surface area contributed by atoms with Crippen LogP contribution in [-0.2, 0) is 0 Å². The highest BCUT2D eigenvalue weighted by Gasteiger charge is 2.21. The van der Waals surface area contributed by atoms with E-state index >= 15 is 0 Å². The van der Waals surface area contributed by atoms with Crippen molar-refractivity contribution in [2.45, 2.75) is 0 Å². The van der Waals surface area contributed by atoms with E-state index in [4.69, 9.17) is 4.42 Å². The number of fused-ring (bicyclic) bond motifs is 8. The Labute approximate surface area is 411 Å². The SMILES string of the molecule is c1cc(-c2ccccc2-n2c3ccccc3c3ccccc32)cc(N(c2ccc(-c3cccc4ccccc34)cc2)c2ccc(-c3cccc4ccccc34)c(-c3ccc4oc5ccccc5c4c3)c2)c1. The first-order valence-corrected chi connectivity index (χ1v) is 24.3. The second kappa shape index (κ2) is 16.7. The maximum absolute atomic E-state index is 6.37. The minimum Gasteiger partial charge on any atom is -0.456 e. The molecule has 0 amide bonds. The summed E-state index contributed by atoms with van der Waals surface area (Å²) in [6, 6.07) is 97.0. The number of benzene rings is 12. The van der Waals surface area contributed by atoms with Gasteiger partial charge in [-0.25, -0.2) is 0 Å². The second-order valence-corrected chi connectivity index (χ2v) is 18.4. The molecule has 332 valence electrons. The van der Waals surface area contributed by atoms with Gasteiger partial charge in [0.2, 0.25) is 0 Å². The van der Waals surface area contributed by atoms with E-state index in [1.165, 1.54) is 60.0 Å². The summed E-state index contributed by atoms with van der Waals surface area (Å²) in [5.41, 5.74) is 17.7. The number of nitrogens with zero attached hydrogens (tertiary/aromatic N) is 2. The molecule has 71 heavy (non-hydrogen) atoms. The van der Waals surface area contributed by atoms with Gasteiger partial charge in [-0.15, -0.1) is 0 Å². The molecule has 0 spiro atoms. The van der Waals surface area contributed by atoms with Gasteiger partial charge in [0.05, 0.1) is 16.7 Å². The number of anilines is 3. The zero-order valence-electron chi connectivity index (χ0n) is 38.7. The van der Waals surface area contributed by atoms with E-state index in [9.17, 15) is 0 Å². The topological polar surface area (TPSA) is 21.3 Å². The third-order valence-corrected chi connectivity index (χ3v) is 14.4. The van der Waals surface area contributed by atoms with Gasteiger partial charge in [0.25, 0.3) is 0 Å². The van der Waals surface area contributed by atoms with Crippen LogP contribution in [0.4, 0.5) is 17.1 Å². The van der Waals surface area contributed by atoms with Crippen LogP contribution in [0.3, 0.4) is 0 Å². The van der Waals surface area contributed by atoms with Crippen molar-refractivity contribution in [1.29, 1.82) is 0 Å². The molecule has 3 heteroatoms. The standard InChI is InChI=1S/C68H44N2O/c1-3-22-53-45(16-1)18-14-28-54(53)47-34-37-50(38-35-47)69(51-21-13-20-48(42-51)56-24-5-9-30-64(56)70-65-31-10-6-25-59(65)60-26-7-11-32-66(60)70)52-39-40-58(57-29-15-19-46-17-2-4-23-55(46)57)62(44-52)49-36-41-68-63(43-49)61-27-8-12-33-67(61)71-68/h1-44H. The molecule has 0 saturated heterocycles. The van der Waals surface area contributed by atoms with Gasteiger partial charge in [0, 0.05) is 44.2 Å². The van der Waals surface area contributed by atoms with Crippen LogP contribution in [0.2, 0.25) is 0 Å². The Balaban J connectivity index is 0.983. The summed E-state index contributed by atoms with van der Waals surface area (Å²) in [7, 11) is 0. The van der Waals surface area contributed by atoms with Crippen molar-refractivity contribution in [3.05, 3.63) is 267 Å². The number of hydrogen-bond donors (Lipinski definition) is 0. The number of para-hydroxylation sites is 4. The van der Waals surface area contributed by atoms with Gasteiger partial charge >= 0.3 is 0 Å². The van der Waals surface area contributed by atoms with Gasteiger partial charge < -0.3 is 13.9 Å². The summed E-state index contributed by atoms with van der Waals surface area (Å²) in [6.07, 6.45) is 0. The molecule has 2 aromatic heterocycles. The van der Waals surface area contributed by atoms with E-state index in [0.29, 0.717) is 0 Å². The number of rotatable bonds is 8. The number of aromatic nitrogens is 1. The van der Waals surface area contributed by atoms with E-state index in [1.807, 2.05) is 6.07 Å². The molecule has 0 aliphatic carbocycles. The Morgan fingerprint density at radius 1 is 0.268 bits per heavy atom. The number of hydrogen-bond acceptors (Lipinski definition) is 2. The van der Waals surface area contributed by atoms with Gasteiger partial charge in [-0.1, -0.05) is 194 Å². The second-order valence-electron chi connectivity index (χ2n) is 18.4. The molecule has 0 fully saturated rings. The fourth-order valence-corrected chi connectivity index (χ4v) is 11.1. The maximum Gasteiger partial charge on any atom is 0.135 e. The summed E-state index contributed by atoms with van der Waals surface area (Å²) >= 11 is 0. The first kappa shape index (κ1) is 40.6. The Morgan fingerprint density at radius 2 is 0.789 bits per heavy atom. The minimum absolute atomic E-state index is 0.878. The van der Waals surface area contributed by atoms with Crippen LogP contribution in [0, 0.1) is 0 Å². The quantitative estimate of drug-likeness (QED) is 0.151. The zero-order valence-corrected chi connectivity index (χ0v) is 38.7. The fraction of sp³-hybridized carbons (Fsp3) is 0. The lowest BCUT2D eigenvalue weighted by Crippen LogP contribution is -2.10. The fourth-order valence-electron chi connectivity index (χ4n) is 11.1. The molecule has 12 aromatic carbocycles. The van der Waals surface area contributed by atoms with Crippen molar-refractivity contribution in [1.82, 2.24) is 4.57 Å². The van der Waals surface area contributed by atoms with Crippen molar-refractivity contribution in [2.75, 3.05) is 4.90 Å². The largest absolute Gasteiger partial charge is 0.456 e. The lowest BCUT2D eigenvalue weighted by atomic mass is 9.90. The lowest BCUT2D eigenvalue weighted by molar-refractivity contribution is 0.669. The molecule has 0 unspecified atom stereocenters.